The Hall–Kier alpha value is -0.960. The molecule has 1 fully saturated rings. The summed E-state index contributed by atoms with van der Waals surface area (Å²) >= 11 is 10.7. The largest absolute Gasteiger partial charge is 0.336 e. The van der Waals surface area contributed by atoms with Crippen molar-refractivity contribution in [2.24, 2.45) is 0 Å². The maximum atomic E-state index is 12.7. The maximum Gasteiger partial charge on any atom is 0.253 e. The van der Waals surface area contributed by atoms with Gasteiger partial charge >= 0.3 is 0 Å². The molecule has 0 radical (unpaired) electrons. The average Bonchev–Trinajstić information content (AvgIpc) is 2.95. The number of carbonyl (C=O) groups is 1. The second kappa shape index (κ2) is 6.74. The minimum Gasteiger partial charge on any atom is -0.336 e. The van der Waals surface area contributed by atoms with E-state index in [0.29, 0.717) is 20.1 Å². The van der Waals surface area contributed by atoms with E-state index >= 15 is 0 Å². The molecule has 3 rings (SSSR count). The van der Waals surface area contributed by atoms with Crippen LogP contribution in [0.1, 0.15) is 25.5 Å². The molecule has 1 saturated heterocycles. The zero-order chi connectivity index (χ0) is 17.5. The quantitative estimate of drug-likeness (QED) is 0.704. The molecule has 1 atom stereocenters. The Bertz CT molecular complexity index is 898. The average molecular weight is 450 g/mol. The number of benzene rings is 1. The van der Waals surface area contributed by atoms with Gasteiger partial charge in [-0.2, -0.15) is 0 Å². The number of aromatic nitrogens is 1. The molecule has 24 heavy (non-hydrogen) atoms. The summed E-state index contributed by atoms with van der Waals surface area (Å²) in [5, 5.41) is 0.219. The van der Waals surface area contributed by atoms with Crippen LogP contribution in [0, 0.1) is 6.92 Å². The van der Waals surface area contributed by atoms with E-state index in [-0.39, 0.29) is 24.7 Å². The summed E-state index contributed by atoms with van der Waals surface area (Å²) in [4.78, 5) is 19.4. The molecular formula is C15H14BrClN2O3S2. The molecule has 0 spiro atoms. The molecule has 0 aliphatic carbocycles. The number of thiazole rings is 1. The SMILES string of the molecule is Cc1cnc([C@@H]2CN(C(=O)c3ccc(Br)c(Cl)c3)CCS2(=O)=O)s1. The molecule has 1 aromatic heterocycles. The number of halogens is 2. The minimum atomic E-state index is -3.31. The van der Waals surface area contributed by atoms with Crippen LogP contribution in [0.4, 0.5) is 0 Å². The Balaban J connectivity index is 1.87. The van der Waals surface area contributed by atoms with Gasteiger partial charge in [0.2, 0.25) is 0 Å². The molecule has 2 aromatic rings. The van der Waals surface area contributed by atoms with Crippen LogP contribution < -0.4 is 0 Å². The van der Waals surface area contributed by atoms with Crippen LogP contribution in [0.15, 0.2) is 28.9 Å². The molecule has 0 N–H and O–H groups in total. The van der Waals surface area contributed by atoms with Crippen molar-refractivity contribution in [2.45, 2.75) is 12.2 Å². The van der Waals surface area contributed by atoms with Gasteiger partial charge in [0.05, 0.1) is 10.8 Å². The highest BCUT2D eigenvalue weighted by Gasteiger charge is 2.38. The first-order valence-electron chi connectivity index (χ1n) is 7.16. The van der Waals surface area contributed by atoms with Crippen LogP contribution in [-0.4, -0.2) is 43.1 Å². The number of rotatable bonds is 2. The lowest BCUT2D eigenvalue weighted by atomic mass is 10.2. The highest BCUT2D eigenvalue weighted by molar-refractivity contribution is 9.10. The Kier molecular flexibility index (Phi) is 5.01. The molecule has 2 heterocycles. The van der Waals surface area contributed by atoms with E-state index in [0.717, 1.165) is 4.88 Å². The standard InChI is InChI=1S/C15H14BrClN2O3S2/c1-9-7-18-14(23-9)13-8-19(4-5-24(13,21)22)15(20)10-2-3-11(16)12(17)6-10/h2-3,6-7,13H,4-5,8H2,1H3/t13-/m0/s1. The van der Waals surface area contributed by atoms with Gasteiger partial charge in [-0.25, -0.2) is 13.4 Å². The van der Waals surface area contributed by atoms with Crippen molar-refractivity contribution in [2.75, 3.05) is 18.8 Å². The molecular weight excluding hydrogens is 436 g/mol. The van der Waals surface area contributed by atoms with Crippen LogP contribution >= 0.6 is 38.9 Å². The van der Waals surface area contributed by atoms with E-state index in [2.05, 4.69) is 20.9 Å². The normalized spacial score (nSPS) is 20.1. The Morgan fingerprint density at radius 3 is 2.83 bits per heavy atom. The molecule has 1 aromatic carbocycles. The highest BCUT2D eigenvalue weighted by atomic mass is 79.9. The second-order valence-corrected chi connectivity index (χ2v) is 10.4. The first-order chi connectivity index (χ1) is 11.3. The maximum absolute atomic E-state index is 12.7. The van der Waals surface area contributed by atoms with Crippen molar-refractivity contribution >= 4 is 54.6 Å². The van der Waals surface area contributed by atoms with Gasteiger partial charge in [0, 0.05) is 34.2 Å². The number of sulfone groups is 1. The third-order valence-corrected chi connectivity index (χ3v) is 8.23. The summed E-state index contributed by atoms with van der Waals surface area (Å²) in [7, 11) is -3.31. The number of aryl methyl sites for hydroxylation is 1. The monoisotopic (exact) mass is 448 g/mol. The van der Waals surface area contributed by atoms with Crippen LogP contribution in [0.3, 0.4) is 0 Å². The fourth-order valence-corrected chi connectivity index (χ4v) is 5.83. The smallest absolute Gasteiger partial charge is 0.253 e. The van der Waals surface area contributed by atoms with Gasteiger partial charge in [0.1, 0.15) is 10.3 Å². The number of amides is 1. The summed E-state index contributed by atoms with van der Waals surface area (Å²) in [5.74, 6) is -0.288. The molecule has 1 aliphatic heterocycles. The van der Waals surface area contributed by atoms with Crippen molar-refractivity contribution in [1.29, 1.82) is 0 Å². The lowest BCUT2D eigenvalue weighted by Gasteiger charge is -2.31. The van der Waals surface area contributed by atoms with Crippen LogP contribution in [0.25, 0.3) is 0 Å². The van der Waals surface area contributed by atoms with Crippen LogP contribution in [-0.2, 0) is 9.84 Å². The lowest BCUT2D eigenvalue weighted by molar-refractivity contribution is 0.0758. The van der Waals surface area contributed by atoms with Gasteiger partial charge < -0.3 is 4.90 Å². The van der Waals surface area contributed by atoms with E-state index in [4.69, 9.17) is 11.6 Å². The summed E-state index contributed by atoms with van der Waals surface area (Å²) in [5.41, 5.74) is 0.441. The molecule has 0 unspecified atom stereocenters. The highest BCUT2D eigenvalue weighted by Crippen LogP contribution is 2.32. The lowest BCUT2D eigenvalue weighted by Crippen LogP contribution is -2.45. The molecule has 128 valence electrons. The molecule has 1 amide bonds. The molecule has 9 heteroatoms. The number of hydrogen-bond donors (Lipinski definition) is 0. The zero-order valence-electron chi connectivity index (χ0n) is 12.7. The van der Waals surface area contributed by atoms with Crippen molar-refractivity contribution in [3.05, 3.63) is 49.3 Å². The van der Waals surface area contributed by atoms with Gasteiger partial charge in [-0.05, 0) is 41.1 Å². The minimum absolute atomic E-state index is 0.0632. The van der Waals surface area contributed by atoms with Crippen molar-refractivity contribution in [3.63, 3.8) is 0 Å². The zero-order valence-corrected chi connectivity index (χ0v) is 16.7. The van der Waals surface area contributed by atoms with Gasteiger partial charge in [-0.1, -0.05) is 11.6 Å². The van der Waals surface area contributed by atoms with Gasteiger partial charge in [-0.3, -0.25) is 4.79 Å². The molecule has 1 aliphatic rings. The second-order valence-electron chi connectivity index (χ2n) is 5.54. The molecule has 0 bridgehead atoms. The summed E-state index contributed by atoms with van der Waals surface area (Å²) < 4.78 is 25.5. The van der Waals surface area contributed by atoms with Crippen molar-refractivity contribution < 1.29 is 13.2 Å². The number of carbonyl (C=O) groups excluding carboxylic acids is 1. The van der Waals surface area contributed by atoms with Gasteiger partial charge in [0.25, 0.3) is 5.91 Å². The summed E-state index contributed by atoms with van der Waals surface area (Å²) in [6.45, 7) is 2.17. The van der Waals surface area contributed by atoms with Crippen molar-refractivity contribution in [1.82, 2.24) is 9.88 Å². The first kappa shape index (κ1) is 17.8. The first-order valence-corrected chi connectivity index (χ1v) is 10.9. The number of nitrogens with zero attached hydrogens (tertiary/aromatic N) is 2. The van der Waals surface area contributed by atoms with Gasteiger partial charge in [-0.15, -0.1) is 11.3 Å². The van der Waals surface area contributed by atoms with Crippen LogP contribution in [0.5, 0.6) is 0 Å². The van der Waals surface area contributed by atoms with E-state index in [1.165, 1.54) is 11.3 Å². The Labute approximate surface area is 157 Å². The third kappa shape index (κ3) is 3.51. The van der Waals surface area contributed by atoms with Gasteiger partial charge in [0.15, 0.2) is 9.84 Å². The fraction of sp³-hybridized carbons (Fsp3) is 0.333. The van der Waals surface area contributed by atoms with Crippen LogP contribution in [0.2, 0.25) is 5.02 Å². The van der Waals surface area contributed by atoms with E-state index < -0.39 is 15.1 Å². The summed E-state index contributed by atoms with van der Waals surface area (Å²) in [6, 6.07) is 4.96. The molecule has 0 saturated carbocycles. The predicted octanol–water partition coefficient (Wildman–Crippen LogP) is 3.48. The third-order valence-electron chi connectivity index (χ3n) is 3.83. The fourth-order valence-electron chi connectivity index (χ4n) is 2.53. The number of hydrogen-bond acceptors (Lipinski definition) is 5. The van der Waals surface area contributed by atoms with E-state index in [1.54, 1.807) is 29.3 Å². The topological polar surface area (TPSA) is 67.3 Å². The Morgan fingerprint density at radius 1 is 1.46 bits per heavy atom. The van der Waals surface area contributed by atoms with E-state index in [9.17, 15) is 13.2 Å². The summed E-state index contributed by atoms with van der Waals surface area (Å²) in [6.07, 6.45) is 1.66. The predicted molar refractivity (Wildman–Crippen MR) is 98.4 cm³/mol. The van der Waals surface area contributed by atoms with Crippen molar-refractivity contribution in [3.8, 4) is 0 Å². The Morgan fingerprint density at radius 2 is 2.21 bits per heavy atom. The molecule has 5 nitrogen and oxygen atoms in total. The van der Waals surface area contributed by atoms with E-state index in [1.807, 2.05) is 6.92 Å².